The van der Waals surface area contributed by atoms with Crippen LogP contribution in [0, 0.1) is 11.7 Å². The van der Waals surface area contributed by atoms with Crippen molar-refractivity contribution in [2.24, 2.45) is 5.92 Å². The van der Waals surface area contributed by atoms with Crippen molar-refractivity contribution in [1.82, 2.24) is 25.2 Å². The molecule has 0 bridgehead atoms. The molecule has 3 heterocycles. The van der Waals surface area contributed by atoms with Crippen molar-refractivity contribution in [3.63, 3.8) is 0 Å². The molecule has 0 unspecified atom stereocenters. The molecule has 284 valence electrons. The number of hydrogen-bond acceptors (Lipinski definition) is 9. The normalized spacial score (nSPS) is 28.8. The van der Waals surface area contributed by atoms with E-state index in [1.165, 1.54) is 15.9 Å². The number of benzene rings is 1. The zero-order valence-corrected chi connectivity index (χ0v) is 30.6. The number of rotatable bonds is 5. The topological polar surface area (TPSA) is 181 Å². The van der Waals surface area contributed by atoms with E-state index < -0.39 is 86.2 Å². The van der Waals surface area contributed by atoms with E-state index >= 15 is 0 Å². The first-order chi connectivity index (χ1) is 24.6. The molecule has 1 saturated heterocycles. The highest BCUT2D eigenvalue weighted by molar-refractivity contribution is 7.91. The van der Waals surface area contributed by atoms with Crippen molar-refractivity contribution in [2.75, 3.05) is 13.1 Å². The Morgan fingerprint density at radius 1 is 1.08 bits per heavy atom. The van der Waals surface area contributed by atoms with E-state index in [4.69, 9.17) is 9.47 Å². The molecule has 3 N–H and O–H groups in total. The fraction of sp³-hybridized carbons (Fsp3) is 0.639. The van der Waals surface area contributed by atoms with Gasteiger partial charge in [0.15, 0.2) is 0 Å². The molecule has 0 radical (unpaired) electrons. The lowest BCUT2D eigenvalue weighted by atomic mass is 10.00. The highest BCUT2D eigenvalue weighted by Gasteiger charge is 2.62. The van der Waals surface area contributed by atoms with Crippen LogP contribution in [0.3, 0.4) is 0 Å². The number of fused-ring (bicyclic) bond motifs is 3. The fourth-order valence-corrected chi connectivity index (χ4v) is 8.57. The molecule has 14 nitrogen and oxygen atoms in total. The van der Waals surface area contributed by atoms with Crippen molar-refractivity contribution < 1.29 is 46.3 Å². The van der Waals surface area contributed by atoms with Gasteiger partial charge < -0.3 is 29.9 Å². The second-order valence-electron chi connectivity index (χ2n) is 15.5. The number of nitrogens with zero attached hydrogens (tertiary/aromatic N) is 2. The van der Waals surface area contributed by atoms with Crippen LogP contribution in [0.5, 0.6) is 0 Å². The van der Waals surface area contributed by atoms with E-state index in [2.05, 4.69) is 15.4 Å². The first kappa shape index (κ1) is 37.5. The lowest BCUT2D eigenvalue weighted by Gasteiger charge is -2.30. The van der Waals surface area contributed by atoms with Gasteiger partial charge in [-0.25, -0.2) is 22.4 Å². The van der Waals surface area contributed by atoms with E-state index in [0.717, 1.165) is 18.4 Å². The number of alkyl carbamates (subject to hydrolysis) is 1. The molecule has 52 heavy (non-hydrogen) atoms. The van der Waals surface area contributed by atoms with E-state index in [1.54, 1.807) is 26.8 Å². The van der Waals surface area contributed by atoms with Gasteiger partial charge in [-0.15, -0.1) is 0 Å². The average molecular weight is 746 g/mol. The third-order valence-electron chi connectivity index (χ3n) is 10.3. The molecule has 5 aliphatic rings. The largest absolute Gasteiger partial charge is 0.444 e. The number of amides is 5. The monoisotopic (exact) mass is 745 g/mol. The second-order valence-corrected chi connectivity index (χ2v) is 17.5. The van der Waals surface area contributed by atoms with E-state index in [-0.39, 0.29) is 38.9 Å². The fourth-order valence-electron chi connectivity index (χ4n) is 7.21. The number of allylic oxidation sites excluding steroid dienone is 1. The molecule has 0 spiro atoms. The summed E-state index contributed by atoms with van der Waals surface area (Å²) in [5.41, 5.74) is -1.19. The Labute approximate surface area is 303 Å². The van der Waals surface area contributed by atoms with E-state index in [1.807, 2.05) is 18.2 Å². The highest BCUT2D eigenvalue weighted by atomic mass is 32.2. The summed E-state index contributed by atoms with van der Waals surface area (Å²) in [6.07, 6.45) is 5.57. The number of nitrogens with one attached hydrogen (secondary N) is 3. The van der Waals surface area contributed by atoms with Crippen molar-refractivity contribution >= 4 is 39.9 Å². The van der Waals surface area contributed by atoms with Gasteiger partial charge in [0.1, 0.15) is 35.1 Å². The highest BCUT2D eigenvalue weighted by Crippen LogP contribution is 2.46. The third kappa shape index (κ3) is 8.53. The summed E-state index contributed by atoms with van der Waals surface area (Å²) >= 11 is 0. The van der Waals surface area contributed by atoms with Crippen LogP contribution in [0.4, 0.5) is 14.0 Å². The van der Waals surface area contributed by atoms with Gasteiger partial charge in [-0.2, -0.15) is 0 Å². The molecule has 2 aliphatic carbocycles. The van der Waals surface area contributed by atoms with Crippen LogP contribution in [0.2, 0.25) is 0 Å². The summed E-state index contributed by atoms with van der Waals surface area (Å²) in [7, 11) is -3.92. The van der Waals surface area contributed by atoms with Gasteiger partial charge in [0.25, 0.3) is 5.91 Å². The minimum Gasteiger partial charge on any atom is -0.444 e. The Kier molecular flexibility index (Phi) is 10.6. The first-order valence-electron chi connectivity index (χ1n) is 18.1. The SMILES string of the molecule is CC(C)(C)OC(=O)N[C@H]1CCCCC/C=C\[C@@H]2C[C@@]2(C(=O)NS(=O)(=O)C2CC2)NC(=O)[C@@H]2C[C@@H](OC(=O)N3CCc4cccc(F)c4C3)CN2C1=O. The van der Waals surface area contributed by atoms with Crippen LogP contribution >= 0.6 is 0 Å². The maximum absolute atomic E-state index is 14.6. The number of sulfonamides is 1. The van der Waals surface area contributed by atoms with Crippen LogP contribution in [0.25, 0.3) is 0 Å². The van der Waals surface area contributed by atoms with Gasteiger partial charge in [0.2, 0.25) is 21.8 Å². The van der Waals surface area contributed by atoms with E-state index in [0.29, 0.717) is 37.7 Å². The summed E-state index contributed by atoms with van der Waals surface area (Å²) in [4.78, 5) is 71.0. The Bertz CT molecular complexity index is 1740. The number of halogens is 1. The van der Waals surface area contributed by atoms with Crippen molar-refractivity contribution in [3.05, 3.63) is 47.3 Å². The Morgan fingerprint density at radius 2 is 1.85 bits per heavy atom. The first-order valence-corrected chi connectivity index (χ1v) is 19.7. The average Bonchev–Trinajstić information content (AvgIpc) is 3.99. The zero-order chi connectivity index (χ0) is 37.4. The summed E-state index contributed by atoms with van der Waals surface area (Å²) in [5.74, 6) is -3.05. The minimum atomic E-state index is -3.92. The summed E-state index contributed by atoms with van der Waals surface area (Å²) < 4.78 is 53.5. The number of carbonyl (C=O) groups excluding carboxylic acids is 5. The van der Waals surface area contributed by atoms with Crippen LogP contribution in [0.15, 0.2) is 30.4 Å². The predicted octanol–water partition coefficient (Wildman–Crippen LogP) is 3.19. The molecule has 3 fully saturated rings. The van der Waals surface area contributed by atoms with Gasteiger partial charge in [0.05, 0.1) is 18.3 Å². The quantitative estimate of drug-likeness (QED) is 0.382. The Morgan fingerprint density at radius 3 is 2.58 bits per heavy atom. The lowest BCUT2D eigenvalue weighted by molar-refractivity contribution is -0.141. The van der Waals surface area contributed by atoms with Gasteiger partial charge in [-0.1, -0.05) is 37.1 Å². The number of hydrogen-bond donors (Lipinski definition) is 3. The van der Waals surface area contributed by atoms with Gasteiger partial charge in [-0.3, -0.25) is 19.1 Å². The maximum atomic E-state index is 14.6. The predicted molar refractivity (Wildman–Crippen MR) is 185 cm³/mol. The second kappa shape index (κ2) is 14.7. The number of ether oxygens (including phenoxy) is 2. The molecular weight excluding hydrogens is 697 g/mol. The maximum Gasteiger partial charge on any atom is 0.410 e. The molecule has 5 amide bonds. The van der Waals surface area contributed by atoms with Crippen molar-refractivity contribution in [2.45, 2.75) is 126 Å². The van der Waals surface area contributed by atoms with Crippen LogP contribution in [-0.2, 0) is 46.8 Å². The zero-order valence-electron chi connectivity index (χ0n) is 29.8. The van der Waals surface area contributed by atoms with E-state index in [9.17, 15) is 36.8 Å². The van der Waals surface area contributed by atoms with Gasteiger partial charge in [0, 0.05) is 24.4 Å². The summed E-state index contributed by atoms with van der Waals surface area (Å²) in [6, 6.07) is 2.46. The number of carbonyl (C=O) groups is 5. The Balaban J connectivity index is 1.25. The third-order valence-corrected chi connectivity index (χ3v) is 12.1. The molecular formula is C36H48FN5O9S. The molecule has 5 atom stereocenters. The Hall–Kier alpha value is -4.21. The molecule has 0 aromatic heterocycles. The summed E-state index contributed by atoms with van der Waals surface area (Å²) in [6.45, 7) is 5.18. The molecule has 6 rings (SSSR count). The smallest absolute Gasteiger partial charge is 0.410 e. The van der Waals surface area contributed by atoms with Crippen LogP contribution in [0.1, 0.15) is 89.7 Å². The van der Waals surface area contributed by atoms with Crippen LogP contribution in [-0.4, -0.2) is 95.8 Å². The lowest BCUT2D eigenvalue weighted by Crippen LogP contribution is -2.58. The standard InChI is InChI=1S/C36H48FN5O9S/c1-35(2,3)51-33(46)38-28-13-8-6-4-5-7-11-23-19-36(23,32(45)40-52(48,49)25-14-15-25)39-30(43)29-18-24(20-42(29)31(28)44)50-34(47)41-17-16-22-10-9-12-27(37)26(22)21-41/h7,9-12,23-25,28-29H,4-6,8,13-21H2,1-3H3,(H,38,46)(H,39,43)(H,40,45)/b11-7-/t23-,24-,28+,29+,36-/m1/s1. The van der Waals surface area contributed by atoms with Gasteiger partial charge in [-0.05, 0) is 77.3 Å². The van der Waals surface area contributed by atoms with Gasteiger partial charge >= 0.3 is 12.2 Å². The molecule has 1 aromatic carbocycles. The van der Waals surface area contributed by atoms with Crippen LogP contribution < -0.4 is 15.4 Å². The molecule has 1 aromatic rings. The van der Waals surface area contributed by atoms with Crippen molar-refractivity contribution in [1.29, 1.82) is 0 Å². The minimum absolute atomic E-state index is 0.00168. The molecule has 3 aliphatic heterocycles. The molecule has 2 saturated carbocycles. The summed E-state index contributed by atoms with van der Waals surface area (Å²) in [5, 5.41) is 4.80. The van der Waals surface area contributed by atoms with Crippen molar-refractivity contribution in [3.8, 4) is 0 Å². The molecule has 16 heteroatoms.